The molecule has 1 saturated heterocycles. The molecule has 1 fully saturated rings. The maximum absolute atomic E-state index is 14.4. The van der Waals surface area contributed by atoms with E-state index in [4.69, 9.17) is 17.2 Å². The number of nitrogens with one attached hydrogen (secondary N) is 8. The zero-order chi connectivity index (χ0) is 51.1. The van der Waals surface area contributed by atoms with E-state index >= 15 is 0 Å². The number of rotatable bonds is 19. The SMILES string of the molecule is CC(=O)N[C@@H]1C(=O)N[C@@H](Cc2ccc(O)cc2)C(=O)NCC(=O)N[C@@H](CO)C(=O)N[C@H](Cc2ccccc2)C(=O)N[C@@H](C(=O)N[C@@H](CCCCN)C(=O)N[C@@H](CCCCN)C(N)=O)CSSC1(C)C. The van der Waals surface area contributed by atoms with Gasteiger partial charge in [0, 0.05) is 30.3 Å². The van der Waals surface area contributed by atoms with Gasteiger partial charge in [-0.15, -0.1) is 0 Å². The van der Waals surface area contributed by atoms with Gasteiger partial charge in [-0.25, -0.2) is 0 Å². The van der Waals surface area contributed by atoms with Crippen molar-refractivity contribution in [3.8, 4) is 5.75 Å². The van der Waals surface area contributed by atoms with Crippen LogP contribution in [0.4, 0.5) is 0 Å². The van der Waals surface area contributed by atoms with Gasteiger partial charge in [-0.05, 0) is 88.7 Å². The van der Waals surface area contributed by atoms with Crippen LogP contribution in [-0.4, -0.2) is 142 Å². The highest BCUT2D eigenvalue weighted by Gasteiger charge is 2.40. The van der Waals surface area contributed by atoms with Gasteiger partial charge in [0.15, 0.2) is 0 Å². The Kier molecular flexibility index (Phi) is 24.2. The van der Waals surface area contributed by atoms with Gasteiger partial charge in [0.05, 0.1) is 13.2 Å². The average Bonchev–Trinajstić information content (AvgIpc) is 3.30. The lowest BCUT2D eigenvalue weighted by Gasteiger charge is -2.34. The number of carbonyl (C=O) groups is 9. The van der Waals surface area contributed by atoms with Crippen LogP contribution in [0.25, 0.3) is 0 Å². The zero-order valence-electron chi connectivity index (χ0n) is 39.0. The summed E-state index contributed by atoms with van der Waals surface area (Å²) in [5.74, 6) is -7.61. The molecule has 69 heavy (non-hydrogen) atoms. The first-order chi connectivity index (χ1) is 32.8. The van der Waals surface area contributed by atoms with Crippen molar-refractivity contribution in [1.82, 2.24) is 42.5 Å². The number of nitrogens with two attached hydrogens (primary N) is 3. The minimum absolute atomic E-state index is 0.0499. The van der Waals surface area contributed by atoms with Crippen molar-refractivity contribution in [2.75, 3.05) is 32.0 Å². The number of primary amides is 1. The van der Waals surface area contributed by atoms with Crippen molar-refractivity contribution in [3.63, 3.8) is 0 Å². The molecule has 0 radical (unpaired) electrons. The monoisotopic (exact) mass is 1000 g/mol. The Labute approximate surface area is 409 Å². The zero-order valence-corrected chi connectivity index (χ0v) is 40.7. The highest BCUT2D eigenvalue weighted by atomic mass is 33.1. The van der Waals surface area contributed by atoms with E-state index in [1.54, 1.807) is 44.2 Å². The molecule has 0 unspecified atom stereocenters. The summed E-state index contributed by atoms with van der Waals surface area (Å²) in [6.07, 6.45) is 1.96. The van der Waals surface area contributed by atoms with E-state index < -0.39 is 113 Å². The summed E-state index contributed by atoms with van der Waals surface area (Å²) in [4.78, 5) is 122. The number of carbonyl (C=O) groups excluding carboxylic acids is 9. The number of phenolic OH excluding ortho intramolecular Hbond substituents is 1. The molecule has 0 aromatic heterocycles. The lowest BCUT2D eigenvalue weighted by atomic mass is 10.00. The minimum atomic E-state index is -1.63. The van der Waals surface area contributed by atoms with Crippen molar-refractivity contribution in [1.29, 1.82) is 0 Å². The maximum Gasteiger partial charge on any atom is 0.245 e. The molecule has 1 aliphatic rings. The fourth-order valence-corrected chi connectivity index (χ4v) is 9.81. The predicted molar refractivity (Wildman–Crippen MR) is 260 cm³/mol. The second kappa shape index (κ2) is 29.2. The summed E-state index contributed by atoms with van der Waals surface area (Å²) in [5, 5.41) is 40.7. The van der Waals surface area contributed by atoms with Gasteiger partial charge in [0.1, 0.15) is 48.0 Å². The molecule has 0 spiro atoms. The number of aliphatic hydroxyl groups excluding tert-OH is 1. The molecule has 1 aliphatic heterocycles. The lowest BCUT2D eigenvalue weighted by molar-refractivity contribution is -0.135. The second-order valence-electron chi connectivity index (χ2n) is 17.0. The summed E-state index contributed by atoms with van der Waals surface area (Å²) >= 11 is 0. The minimum Gasteiger partial charge on any atom is -0.508 e. The molecule has 9 amide bonds. The van der Waals surface area contributed by atoms with E-state index in [0.717, 1.165) is 21.6 Å². The molecule has 1 heterocycles. The summed E-state index contributed by atoms with van der Waals surface area (Å²) in [5.41, 5.74) is 18.1. The van der Waals surface area contributed by atoms with Crippen molar-refractivity contribution in [2.24, 2.45) is 17.2 Å². The van der Waals surface area contributed by atoms with Crippen LogP contribution in [0.5, 0.6) is 5.75 Å². The molecule has 2 aromatic rings. The van der Waals surface area contributed by atoms with E-state index in [9.17, 15) is 53.4 Å². The Hall–Kier alpha value is -5.95. The molecular weight excluding hydrogens is 935 g/mol. The number of phenols is 1. The van der Waals surface area contributed by atoms with Crippen LogP contribution in [0.3, 0.4) is 0 Å². The van der Waals surface area contributed by atoms with Crippen LogP contribution >= 0.6 is 21.6 Å². The van der Waals surface area contributed by atoms with Gasteiger partial charge in [-0.2, -0.15) is 0 Å². The first kappa shape index (κ1) is 57.4. The number of amides is 9. The van der Waals surface area contributed by atoms with E-state index in [0.29, 0.717) is 43.4 Å². The molecule has 2 aromatic carbocycles. The maximum atomic E-state index is 14.4. The number of aliphatic hydroxyl groups is 1. The molecule has 0 bridgehead atoms. The fraction of sp³-hybridized carbons (Fsp3) is 0.533. The number of hydrogen-bond donors (Lipinski definition) is 13. The highest BCUT2D eigenvalue weighted by molar-refractivity contribution is 8.77. The second-order valence-corrected chi connectivity index (χ2v) is 20.0. The molecule has 0 saturated carbocycles. The third-order valence-electron chi connectivity index (χ3n) is 10.8. The largest absolute Gasteiger partial charge is 0.508 e. The Morgan fingerprint density at radius 3 is 1.88 bits per heavy atom. The number of benzene rings is 2. The predicted octanol–water partition coefficient (Wildman–Crippen LogP) is -2.38. The summed E-state index contributed by atoms with van der Waals surface area (Å²) in [7, 11) is 2.09. The third kappa shape index (κ3) is 19.9. The third-order valence-corrected chi connectivity index (χ3v) is 14.1. The quantitative estimate of drug-likeness (QED) is 0.0516. The molecule has 3 rings (SSSR count). The van der Waals surface area contributed by atoms with Crippen molar-refractivity contribution >= 4 is 74.8 Å². The molecule has 380 valence electrons. The van der Waals surface area contributed by atoms with Gasteiger partial charge in [-0.3, -0.25) is 43.2 Å². The van der Waals surface area contributed by atoms with Crippen LogP contribution in [0.1, 0.15) is 70.4 Å². The van der Waals surface area contributed by atoms with E-state index in [1.807, 2.05) is 0 Å². The Balaban J connectivity index is 2.10. The smallest absolute Gasteiger partial charge is 0.245 e. The highest BCUT2D eigenvalue weighted by Crippen LogP contribution is 2.39. The summed E-state index contributed by atoms with van der Waals surface area (Å²) in [6, 6.07) is 4.89. The Morgan fingerprint density at radius 1 is 0.739 bits per heavy atom. The van der Waals surface area contributed by atoms with E-state index in [-0.39, 0.29) is 43.7 Å². The standard InChI is InChI=1S/C45H67N11O11S2/c1-26(58)50-37-44(67)55-32(22-28-15-17-29(59)18-16-28)39(62)49-23-36(60)51-34(24-57)42(65)54-33(21-27-11-5-4-6-12-27)41(64)56-35(25-68-69-45(37,2)3)43(66)53-31(14-8-10-20-47)40(63)52-30(38(48)61)13-7-9-19-46/h4-6,11-12,15-18,30-35,37,57,59H,7-10,13-14,19-25,46-47H2,1-3H3,(H2,48,61)(H,49,62)(H,50,58)(H,51,60)(H,52,63)(H,53,66)(H,54,65)(H,55,67)(H,56,64)/t30-,31-,32-,33+,34-,35+,37+/m0/s1. The van der Waals surface area contributed by atoms with Gasteiger partial charge >= 0.3 is 0 Å². The normalized spacial score (nSPS) is 21.7. The summed E-state index contributed by atoms with van der Waals surface area (Å²) in [6.45, 7) is 3.46. The molecule has 22 nitrogen and oxygen atoms in total. The van der Waals surface area contributed by atoms with Crippen molar-refractivity contribution in [2.45, 2.75) is 119 Å². The van der Waals surface area contributed by atoms with Crippen molar-refractivity contribution < 1.29 is 53.4 Å². The van der Waals surface area contributed by atoms with Gasteiger partial charge in [0.25, 0.3) is 0 Å². The van der Waals surface area contributed by atoms with Gasteiger partial charge < -0.3 is 69.9 Å². The number of unbranched alkanes of at least 4 members (excludes halogenated alkanes) is 2. The average molecular weight is 1000 g/mol. The molecule has 16 N–H and O–H groups in total. The lowest BCUT2D eigenvalue weighted by Crippen LogP contribution is -2.61. The van der Waals surface area contributed by atoms with Crippen LogP contribution in [0, 0.1) is 0 Å². The van der Waals surface area contributed by atoms with Crippen molar-refractivity contribution in [3.05, 3.63) is 65.7 Å². The fourth-order valence-electron chi connectivity index (χ4n) is 6.99. The summed E-state index contributed by atoms with van der Waals surface area (Å²) < 4.78 is -1.22. The molecular formula is C45H67N11O11S2. The Bertz CT molecular complexity index is 2070. The van der Waals surface area contributed by atoms with Gasteiger partial charge in [-0.1, -0.05) is 64.1 Å². The number of hydrogen-bond acceptors (Lipinski definition) is 15. The van der Waals surface area contributed by atoms with Crippen LogP contribution in [0.15, 0.2) is 54.6 Å². The van der Waals surface area contributed by atoms with Crippen LogP contribution < -0.4 is 59.7 Å². The first-order valence-electron chi connectivity index (χ1n) is 22.6. The molecule has 7 atom stereocenters. The molecule has 0 aliphatic carbocycles. The van der Waals surface area contributed by atoms with E-state index in [2.05, 4.69) is 42.5 Å². The Morgan fingerprint density at radius 2 is 1.30 bits per heavy atom. The molecule has 24 heteroatoms. The van der Waals surface area contributed by atoms with Crippen LogP contribution in [0.2, 0.25) is 0 Å². The van der Waals surface area contributed by atoms with Gasteiger partial charge in [0.2, 0.25) is 53.2 Å². The number of aromatic hydroxyl groups is 1. The first-order valence-corrected chi connectivity index (χ1v) is 24.9. The van der Waals surface area contributed by atoms with Crippen LogP contribution in [-0.2, 0) is 56.0 Å². The topological polar surface area (TPSA) is 368 Å². The van der Waals surface area contributed by atoms with E-state index in [1.165, 1.54) is 31.2 Å².